The highest BCUT2D eigenvalue weighted by molar-refractivity contribution is 5.95. The van der Waals surface area contributed by atoms with Crippen LogP contribution >= 0.6 is 0 Å². The predicted molar refractivity (Wildman–Crippen MR) is 103 cm³/mol. The van der Waals surface area contributed by atoms with Crippen molar-refractivity contribution in [1.29, 1.82) is 0 Å². The molecule has 3 aliphatic rings. The van der Waals surface area contributed by atoms with Gasteiger partial charge in [0.25, 0.3) is 5.91 Å². The smallest absolute Gasteiger partial charge is 0.254 e. The molecule has 2 aromatic carbocycles. The van der Waals surface area contributed by atoms with Gasteiger partial charge in [-0.1, -0.05) is 0 Å². The molecule has 0 saturated carbocycles. The van der Waals surface area contributed by atoms with Crippen molar-refractivity contribution in [1.82, 2.24) is 4.90 Å². The van der Waals surface area contributed by atoms with Crippen LogP contribution in [0.15, 0.2) is 36.4 Å². The number of piperazine rings is 1. The van der Waals surface area contributed by atoms with Crippen LogP contribution in [0.25, 0.3) is 0 Å². The number of nitrogens with one attached hydrogen (secondary N) is 1. The maximum Gasteiger partial charge on any atom is 0.254 e. The van der Waals surface area contributed by atoms with Crippen molar-refractivity contribution in [2.75, 3.05) is 46.0 Å². The summed E-state index contributed by atoms with van der Waals surface area (Å²) in [6.45, 7) is 6.36. The quantitative estimate of drug-likeness (QED) is 0.860. The van der Waals surface area contributed by atoms with Crippen molar-refractivity contribution in [3.63, 3.8) is 0 Å². The molecule has 1 N–H and O–H groups in total. The van der Waals surface area contributed by atoms with Crippen LogP contribution in [-0.2, 0) is 13.0 Å². The summed E-state index contributed by atoms with van der Waals surface area (Å²) < 4.78 is 16.7. The topological polar surface area (TPSA) is 52.4 Å². The van der Waals surface area contributed by atoms with Gasteiger partial charge in [-0.2, -0.15) is 0 Å². The fraction of sp³-hybridized carbons (Fsp3) is 0.409. The van der Waals surface area contributed by atoms with Crippen LogP contribution in [0.5, 0.6) is 17.2 Å². The Morgan fingerprint density at radius 2 is 1.64 bits per heavy atom. The van der Waals surface area contributed by atoms with Crippen molar-refractivity contribution < 1.29 is 23.9 Å². The lowest BCUT2D eigenvalue weighted by Gasteiger charge is -2.32. The number of quaternary nitrogens is 1. The highest BCUT2D eigenvalue weighted by Gasteiger charge is 2.26. The minimum Gasteiger partial charge on any atom is -0.493 e. The van der Waals surface area contributed by atoms with Crippen molar-refractivity contribution in [2.24, 2.45) is 0 Å². The molecule has 3 heterocycles. The van der Waals surface area contributed by atoms with Gasteiger partial charge in [0.05, 0.1) is 32.8 Å². The largest absolute Gasteiger partial charge is 0.493 e. The zero-order valence-electron chi connectivity index (χ0n) is 15.9. The lowest BCUT2D eigenvalue weighted by molar-refractivity contribution is -0.917. The maximum atomic E-state index is 12.9. The first-order valence-electron chi connectivity index (χ1n) is 10.0. The van der Waals surface area contributed by atoms with Crippen LogP contribution in [0.1, 0.15) is 21.5 Å². The van der Waals surface area contributed by atoms with E-state index in [0.717, 1.165) is 57.3 Å². The number of hydrogen-bond donors (Lipinski definition) is 1. The number of benzene rings is 2. The van der Waals surface area contributed by atoms with Gasteiger partial charge in [0.15, 0.2) is 11.5 Å². The molecule has 0 spiro atoms. The molecule has 0 bridgehead atoms. The van der Waals surface area contributed by atoms with Crippen molar-refractivity contribution in [2.45, 2.75) is 13.0 Å². The Kier molecular flexibility index (Phi) is 4.56. The van der Waals surface area contributed by atoms with Gasteiger partial charge in [0, 0.05) is 17.5 Å². The summed E-state index contributed by atoms with van der Waals surface area (Å²) in [6.07, 6.45) is 1.01. The van der Waals surface area contributed by atoms with E-state index in [9.17, 15) is 4.79 Å². The Morgan fingerprint density at radius 1 is 0.893 bits per heavy atom. The van der Waals surface area contributed by atoms with Crippen LogP contribution in [0.4, 0.5) is 0 Å². The maximum absolute atomic E-state index is 12.9. The second-order valence-corrected chi connectivity index (χ2v) is 7.62. The van der Waals surface area contributed by atoms with Gasteiger partial charge in [-0.3, -0.25) is 4.79 Å². The first-order valence-corrected chi connectivity index (χ1v) is 10.0. The molecule has 6 nitrogen and oxygen atoms in total. The first kappa shape index (κ1) is 17.4. The van der Waals surface area contributed by atoms with E-state index < -0.39 is 0 Å². The second kappa shape index (κ2) is 7.36. The van der Waals surface area contributed by atoms with E-state index in [-0.39, 0.29) is 5.91 Å². The fourth-order valence-electron chi connectivity index (χ4n) is 4.20. The first-order chi connectivity index (χ1) is 13.8. The molecule has 0 aliphatic carbocycles. The van der Waals surface area contributed by atoms with E-state index >= 15 is 0 Å². The molecule has 0 unspecified atom stereocenters. The van der Waals surface area contributed by atoms with Crippen LogP contribution in [0, 0.1) is 0 Å². The molecule has 1 saturated heterocycles. The fourth-order valence-corrected chi connectivity index (χ4v) is 4.20. The van der Waals surface area contributed by atoms with E-state index in [1.807, 2.05) is 23.1 Å². The van der Waals surface area contributed by atoms with E-state index in [4.69, 9.17) is 14.2 Å². The molecular formula is C22H25N2O4+. The molecule has 6 heteroatoms. The molecule has 0 atom stereocenters. The number of fused-ring (bicyclic) bond motifs is 2. The van der Waals surface area contributed by atoms with Gasteiger partial charge < -0.3 is 24.0 Å². The summed E-state index contributed by atoms with van der Waals surface area (Å²) in [7, 11) is 0. The molecule has 28 heavy (non-hydrogen) atoms. The van der Waals surface area contributed by atoms with Crippen molar-refractivity contribution in [3.8, 4) is 17.2 Å². The number of carbonyl (C=O) groups excluding carboxylic acids is 1. The van der Waals surface area contributed by atoms with E-state index in [2.05, 4.69) is 18.2 Å². The standard InChI is InChI=1S/C22H24N2O4/c25-22(18-2-4-20-21(14-18)28-12-11-27-20)24-8-6-23(7-9-24)15-16-1-3-19-17(13-16)5-10-26-19/h1-4,13-14H,5-12,15H2/p+1. The zero-order chi connectivity index (χ0) is 18.9. The van der Waals surface area contributed by atoms with Crippen molar-refractivity contribution in [3.05, 3.63) is 53.1 Å². The van der Waals surface area contributed by atoms with Gasteiger partial charge >= 0.3 is 0 Å². The summed E-state index contributed by atoms with van der Waals surface area (Å²) >= 11 is 0. The van der Waals surface area contributed by atoms with E-state index in [1.165, 1.54) is 16.0 Å². The molecule has 0 aromatic heterocycles. The number of carbonyl (C=O) groups is 1. The minimum absolute atomic E-state index is 0.0747. The Balaban J connectivity index is 1.19. The summed E-state index contributed by atoms with van der Waals surface area (Å²) in [5.74, 6) is 2.50. The van der Waals surface area contributed by atoms with Gasteiger partial charge in [0.2, 0.25) is 0 Å². The number of nitrogens with zero attached hydrogens (tertiary/aromatic N) is 1. The molecular weight excluding hydrogens is 356 g/mol. The molecule has 146 valence electrons. The zero-order valence-corrected chi connectivity index (χ0v) is 15.9. The van der Waals surface area contributed by atoms with Gasteiger partial charge in [-0.25, -0.2) is 0 Å². The lowest BCUT2D eigenvalue weighted by atomic mass is 10.1. The Morgan fingerprint density at radius 3 is 2.50 bits per heavy atom. The third-order valence-electron chi connectivity index (χ3n) is 5.75. The number of ether oxygens (including phenoxy) is 3. The van der Waals surface area contributed by atoms with E-state index in [0.29, 0.717) is 24.5 Å². The Bertz CT molecular complexity index is 890. The normalized spacial score (nSPS) is 18.5. The third-order valence-corrected chi connectivity index (χ3v) is 5.75. The van der Waals surface area contributed by atoms with Crippen LogP contribution < -0.4 is 19.1 Å². The average Bonchev–Trinajstić information content (AvgIpc) is 3.21. The number of amides is 1. The third kappa shape index (κ3) is 3.40. The Labute approximate surface area is 164 Å². The monoisotopic (exact) mass is 381 g/mol. The molecule has 1 fully saturated rings. The molecule has 0 radical (unpaired) electrons. The minimum atomic E-state index is 0.0747. The van der Waals surface area contributed by atoms with Crippen molar-refractivity contribution >= 4 is 5.91 Å². The number of hydrogen-bond acceptors (Lipinski definition) is 4. The molecule has 5 rings (SSSR count). The molecule has 2 aromatic rings. The van der Waals surface area contributed by atoms with Gasteiger partial charge in [-0.05, 0) is 42.0 Å². The lowest BCUT2D eigenvalue weighted by Crippen LogP contribution is -3.13. The molecule has 1 amide bonds. The van der Waals surface area contributed by atoms with Gasteiger partial charge in [0.1, 0.15) is 25.5 Å². The average molecular weight is 381 g/mol. The Hall–Kier alpha value is -2.73. The SMILES string of the molecule is O=C(c1ccc2c(c1)OCCO2)N1CC[NH+](Cc2ccc3c(c2)CCO3)CC1. The predicted octanol–water partition coefficient (Wildman–Crippen LogP) is 0.934. The second-order valence-electron chi connectivity index (χ2n) is 7.62. The summed E-state index contributed by atoms with van der Waals surface area (Å²) in [5, 5.41) is 0. The van der Waals surface area contributed by atoms with Crippen LogP contribution in [0.2, 0.25) is 0 Å². The van der Waals surface area contributed by atoms with E-state index in [1.54, 1.807) is 0 Å². The highest BCUT2D eigenvalue weighted by atomic mass is 16.6. The summed E-state index contributed by atoms with van der Waals surface area (Å²) in [4.78, 5) is 16.4. The molecule has 3 aliphatic heterocycles. The van der Waals surface area contributed by atoms with Crippen LogP contribution in [-0.4, -0.2) is 56.8 Å². The van der Waals surface area contributed by atoms with Crippen LogP contribution in [0.3, 0.4) is 0 Å². The summed E-state index contributed by atoms with van der Waals surface area (Å²) in [5.41, 5.74) is 3.35. The summed E-state index contributed by atoms with van der Waals surface area (Å²) in [6, 6.07) is 12.0. The number of rotatable bonds is 3. The van der Waals surface area contributed by atoms with Gasteiger partial charge in [-0.15, -0.1) is 0 Å². The highest BCUT2D eigenvalue weighted by Crippen LogP contribution is 2.31.